The highest BCUT2D eigenvalue weighted by Gasteiger charge is 2.17. The molecule has 0 bridgehead atoms. The second-order valence-corrected chi connectivity index (χ2v) is 6.41. The Labute approximate surface area is 151 Å². The zero-order valence-corrected chi connectivity index (χ0v) is 15.5. The summed E-state index contributed by atoms with van der Waals surface area (Å²) >= 11 is 0. The first-order valence-corrected chi connectivity index (χ1v) is 9.34. The van der Waals surface area contributed by atoms with E-state index >= 15 is 0 Å². The van der Waals surface area contributed by atoms with E-state index in [9.17, 15) is 0 Å². The van der Waals surface area contributed by atoms with E-state index in [1.165, 1.54) is 34.4 Å². The van der Waals surface area contributed by atoms with Crippen LogP contribution in [-0.4, -0.2) is 29.8 Å². The second kappa shape index (κ2) is 10.2. The number of nitrogens with one attached hydrogen (secondary N) is 1. The predicted octanol–water partition coefficient (Wildman–Crippen LogP) is 2.89. The van der Waals surface area contributed by atoms with E-state index in [2.05, 4.69) is 48.4 Å². The minimum Gasteiger partial charge on any atom is -0.396 e. The standard InChI is InChI=1S/C17H20N2O.C4H11N/c18-17-11-14(15-2-1-3-16(15)19-17)10-13-6-4-12(5-7-13)8-9-20;1-3-5-4-2/h4-7,11,20H,1-3,8-10H2,(H2,18,19);5H,3-4H2,1-2H3. The van der Waals surface area contributed by atoms with Crippen molar-refractivity contribution < 1.29 is 5.11 Å². The molecule has 0 aliphatic heterocycles. The number of nitrogens with zero attached hydrogens (tertiary/aromatic N) is 1. The lowest BCUT2D eigenvalue weighted by atomic mass is 9.98. The maximum Gasteiger partial charge on any atom is 0.123 e. The molecular weight excluding hydrogens is 310 g/mol. The highest BCUT2D eigenvalue weighted by Crippen LogP contribution is 2.27. The van der Waals surface area contributed by atoms with E-state index in [1.54, 1.807) is 0 Å². The predicted molar refractivity (Wildman–Crippen MR) is 105 cm³/mol. The van der Waals surface area contributed by atoms with Crippen LogP contribution in [0.5, 0.6) is 0 Å². The number of benzene rings is 1. The summed E-state index contributed by atoms with van der Waals surface area (Å²) in [4.78, 5) is 4.44. The number of aryl methyl sites for hydroxylation is 1. The fraction of sp³-hybridized carbons (Fsp3) is 0.476. The fourth-order valence-corrected chi connectivity index (χ4v) is 3.23. The van der Waals surface area contributed by atoms with Crippen LogP contribution in [0.3, 0.4) is 0 Å². The largest absolute Gasteiger partial charge is 0.396 e. The third-order valence-electron chi connectivity index (χ3n) is 4.48. The summed E-state index contributed by atoms with van der Waals surface area (Å²) in [7, 11) is 0. The lowest BCUT2D eigenvalue weighted by Crippen LogP contribution is -2.09. The molecule has 0 amide bonds. The molecule has 0 spiro atoms. The van der Waals surface area contributed by atoms with Gasteiger partial charge >= 0.3 is 0 Å². The molecule has 0 saturated carbocycles. The highest BCUT2D eigenvalue weighted by molar-refractivity contribution is 5.45. The molecule has 3 rings (SSSR count). The maximum atomic E-state index is 8.94. The van der Waals surface area contributed by atoms with Crippen LogP contribution in [0.4, 0.5) is 5.82 Å². The van der Waals surface area contributed by atoms with Crippen LogP contribution >= 0.6 is 0 Å². The lowest BCUT2D eigenvalue weighted by Gasteiger charge is -2.10. The molecule has 136 valence electrons. The molecule has 0 radical (unpaired) electrons. The summed E-state index contributed by atoms with van der Waals surface area (Å²) in [5, 5.41) is 12.1. The van der Waals surface area contributed by atoms with Gasteiger partial charge in [0.25, 0.3) is 0 Å². The Morgan fingerprint density at radius 2 is 1.76 bits per heavy atom. The van der Waals surface area contributed by atoms with Gasteiger partial charge in [-0.1, -0.05) is 38.1 Å². The summed E-state index contributed by atoms with van der Waals surface area (Å²) < 4.78 is 0. The van der Waals surface area contributed by atoms with Gasteiger partial charge in [0.05, 0.1) is 0 Å². The Hall–Kier alpha value is -1.91. The Bertz CT molecular complexity index is 651. The third-order valence-corrected chi connectivity index (χ3v) is 4.48. The van der Waals surface area contributed by atoms with Gasteiger partial charge in [0.1, 0.15) is 5.82 Å². The summed E-state index contributed by atoms with van der Waals surface area (Å²) in [6.45, 7) is 6.59. The Morgan fingerprint density at radius 3 is 2.36 bits per heavy atom. The SMILES string of the molecule is CCNCC.Nc1cc(Cc2ccc(CCO)cc2)c2c(n1)CCC2. The van der Waals surface area contributed by atoms with Crippen molar-refractivity contribution >= 4 is 5.82 Å². The van der Waals surface area contributed by atoms with Crippen LogP contribution in [0.2, 0.25) is 0 Å². The Morgan fingerprint density at radius 1 is 1.08 bits per heavy atom. The molecule has 4 heteroatoms. The van der Waals surface area contributed by atoms with Gasteiger partial charge in [-0.25, -0.2) is 4.98 Å². The minimum atomic E-state index is 0.202. The molecule has 4 nitrogen and oxygen atoms in total. The van der Waals surface area contributed by atoms with Crippen LogP contribution in [0.15, 0.2) is 30.3 Å². The average molecular weight is 341 g/mol. The van der Waals surface area contributed by atoms with E-state index in [-0.39, 0.29) is 6.61 Å². The van der Waals surface area contributed by atoms with Crippen molar-refractivity contribution in [2.75, 3.05) is 25.4 Å². The molecule has 1 aliphatic rings. The van der Waals surface area contributed by atoms with Gasteiger partial charge in [0.2, 0.25) is 0 Å². The zero-order valence-electron chi connectivity index (χ0n) is 15.5. The lowest BCUT2D eigenvalue weighted by molar-refractivity contribution is 0.299. The number of anilines is 1. The van der Waals surface area contributed by atoms with Gasteiger partial charge in [0.15, 0.2) is 0 Å². The van der Waals surface area contributed by atoms with Crippen LogP contribution in [0.1, 0.15) is 48.2 Å². The molecule has 2 aromatic rings. The summed E-state index contributed by atoms with van der Waals surface area (Å²) in [5.41, 5.74) is 12.3. The van der Waals surface area contributed by atoms with E-state index in [1.807, 2.05) is 6.07 Å². The van der Waals surface area contributed by atoms with E-state index in [0.717, 1.165) is 38.8 Å². The number of hydrogen-bond acceptors (Lipinski definition) is 4. The molecule has 0 unspecified atom stereocenters. The first-order valence-electron chi connectivity index (χ1n) is 9.34. The van der Waals surface area contributed by atoms with Crippen molar-refractivity contribution in [2.24, 2.45) is 0 Å². The molecular formula is C21H31N3O. The molecule has 25 heavy (non-hydrogen) atoms. The van der Waals surface area contributed by atoms with E-state index in [4.69, 9.17) is 10.8 Å². The van der Waals surface area contributed by atoms with Gasteiger partial charge in [-0.3, -0.25) is 0 Å². The topological polar surface area (TPSA) is 71.2 Å². The first kappa shape index (κ1) is 19.4. The number of aromatic nitrogens is 1. The van der Waals surface area contributed by atoms with Crippen LogP contribution in [-0.2, 0) is 25.7 Å². The van der Waals surface area contributed by atoms with Crippen molar-refractivity contribution in [1.82, 2.24) is 10.3 Å². The normalized spacial score (nSPS) is 12.4. The van der Waals surface area contributed by atoms with E-state index < -0.39 is 0 Å². The van der Waals surface area contributed by atoms with Crippen molar-refractivity contribution in [3.8, 4) is 0 Å². The van der Waals surface area contributed by atoms with Gasteiger partial charge in [-0.15, -0.1) is 0 Å². The monoisotopic (exact) mass is 341 g/mol. The molecule has 4 N–H and O–H groups in total. The second-order valence-electron chi connectivity index (χ2n) is 6.41. The quantitative estimate of drug-likeness (QED) is 0.755. The number of nitrogen functional groups attached to an aromatic ring is 1. The molecule has 0 atom stereocenters. The van der Waals surface area contributed by atoms with E-state index in [0.29, 0.717) is 5.82 Å². The Kier molecular flexibility index (Phi) is 7.89. The average Bonchev–Trinajstić information content (AvgIpc) is 3.07. The van der Waals surface area contributed by atoms with Gasteiger partial charge in [-0.05, 0) is 73.5 Å². The third kappa shape index (κ3) is 5.83. The highest BCUT2D eigenvalue weighted by atomic mass is 16.2. The number of pyridine rings is 1. The number of rotatable bonds is 6. The van der Waals surface area contributed by atoms with Crippen molar-refractivity contribution in [2.45, 2.75) is 46.0 Å². The molecule has 1 aromatic carbocycles. The van der Waals surface area contributed by atoms with Crippen LogP contribution in [0, 0.1) is 0 Å². The van der Waals surface area contributed by atoms with Gasteiger partial charge in [-0.2, -0.15) is 0 Å². The minimum absolute atomic E-state index is 0.202. The fourth-order valence-electron chi connectivity index (χ4n) is 3.23. The molecule has 0 saturated heterocycles. The number of fused-ring (bicyclic) bond motifs is 1. The molecule has 1 heterocycles. The molecule has 1 aliphatic carbocycles. The molecule has 1 aromatic heterocycles. The summed E-state index contributed by atoms with van der Waals surface area (Å²) in [6.07, 6.45) is 5.00. The van der Waals surface area contributed by atoms with Crippen LogP contribution in [0.25, 0.3) is 0 Å². The van der Waals surface area contributed by atoms with Crippen molar-refractivity contribution in [3.05, 3.63) is 58.3 Å². The van der Waals surface area contributed by atoms with Gasteiger partial charge < -0.3 is 16.2 Å². The first-order chi connectivity index (χ1) is 12.2. The number of aliphatic hydroxyl groups excluding tert-OH is 1. The number of hydrogen-bond donors (Lipinski definition) is 3. The maximum absolute atomic E-state index is 8.94. The Balaban J connectivity index is 0.000000399. The van der Waals surface area contributed by atoms with Gasteiger partial charge in [0, 0.05) is 12.3 Å². The van der Waals surface area contributed by atoms with Crippen LogP contribution < -0.4 is 11.1 Å². The van der Waals surface area contributed by atoms with Crippen molar-refractivity contribution in [1.29, 1.82) is 0 Å². The summed E-state index contributed by atoms with van der Waals surface area (Å²) in [5.74, 6) is 0.637. The summed E-state index contributed by atoms with van der Waals surface area (Å²) in [6, 6.07) is 10.5. The number of nitrogens with two attached hydrogens (primary N) is 1. The molecule has 0 fully saturated rings. The zero-order chi connectivity index (χ0) is 18.1. The smallest absolute Gasteiger partial charge is 0.123 e. The number of aliphatic hydroxyl groups is 1. The van der Waals surface area contributed by atoms with Crippen molar-refractivity contribution in [3.63, 3.8) is 0 Å².